The zero-order valence-electron chi connectivity index (χ0n) is 7.35. The van der Waals surface area contributed by atoms with Crippen molar-refractivity contribution >= 4 is 21.8 Å². The molecule has 1 aliphatic carbocycles. The van der Waals surface area contributed by atoms with Crippen LogP contribution in [0.3, 0.4) is 0 Å². The Labute approximate surface area is 81.4 Å². The fourth-order valence-electron chi connectivity index (χ4n) is 1.62. The standard InChI is InChI=1S/C9H14BrNO/c1-9(2-3-9)8(12)11-5-7(4-10)6-11/h7H,2-6H2,1H3. The number of nitrogens with zero attached hydrogens (tertiary/aromatic N) is 1. The molecule has 0 atom stereocenters. The van der Waals surface area contributed by atoms with Crippen molar-refractivity contribution in [1.82, 2.24) is 4.90 Å². The van der Waals surface area contributed by atoms with Crippen LogP contribution in [-0.2, 0) is 4.79 Å². The summed E-state index contributed by atoms with van der Waals surface area (Å²) in [4.78, 5) is 13.7. The van der Waals surface area contributed by atoms with Gasteiger partial charge < -0.3 is 4.90 Å². The summed E-state index contributed by atoms with van der Waals surface area (Å²) >= 11 is 3.43. The van der Waals surface area contributed by atoms with Crippen LogP contribution in [0.15, 0.2) is 0 Å². The summed E-state index contributed by atoms with van der Waals surface area (Å²) in [6.45, 7) is 4.02. The molecule has 0 spiro atoms. The zero-order valence-corrected chi connectivity index (χ0v) is 8.93. The number of carbonyl (C=O) groups is 1. The van der Waals surface area contributed by atoms with Crippen LogP contribution in [-0.4, -0.2) is 29.2 Å². The summed E-state index contributed by atoms with van der Waals surface area (Å²) in [6.07, 6.45) is 2.20. The van der Waals surface area contributed by atoms with Gasteiger partial charge in [0, 0.05) is 29.8 Å². The Kier molecular flexibility index (Phi) is 1.94. The molecule has 3 heteroatoms. The van der Waals surface area contributed by atoms with E-state index in [2.05, 4.69) is 22.9 Å². The predicted molar refractivity (Wildman–Crippen MR) is 51.2 cm³/mol. The molecule has 1 amide bonds. The smallest absolute Gasteiger partial charge is 0.228 e. The molecule has 0 aromatic heterocycles. The van der Waals surface area contributed by atoms with E-state index < -0.39 is 0 Å². The van der Waals surface area contributed by atoms with Crippen LogP contribution in [0.25, 0.3) is 0 Å². The number of likely N-dealkylation sites (tertiary alicyclic amines) is 1. The lowest BCUT2D eigenvalue weighted by Crippen LogP contribution is -2.52. The van der Waals surface area contributed by atoms with E-state index in [4.69, 9.17) is 0 Å². The average molecular weight is 232 g/mol. The molecule has 2 rings (SSSR count). The summed E-state index contributed by atoms with van der Waals surface area (Å²) < 4.78 is 0. The van der Waals surface area contributed by atoms with Crippen molar-refractivity contribution in [2.75, 3.05) is 18.4 Å². The third-order valence-electron chi connectivity index (χ3n) is 2.98. The van der Waals surface area contributed by atoms with Gasteiger partial charge in [0.25, 0.3) is 0 Å². The highest BCUT2D eigenvalue weighted by Crippen LogP contribution is 2.47. The van der Waals surface area contributed by atoms with Crippen LogP contribution in [0.5, 0.6) is 0 Å². The van der Waals surface area contributed by atoms with Gasteiger partial charge in [-0.3, -0.25) is 4.79 Å². The van der Waals surface area contributed by atoms with E-state index in [1.54, 1.807) is 0 Å². The van der Waals surface area contributed by atoms with Crippen LogP contribution < -0.4 is 0 Å². The minimum atomic E-state index is 0.0390. The third-order valence-corrected chi connectivity index (χ3v) is 3.89. The fraction of sp³-hybridized carbons (Fsp3) is 0.889. The molecule has 1 saturated carbocycles. The van der Waals surface area contributed by atoms with E-state index in [-0.39, 0.29) is 5.41 Å². The minimum Gasteiger partial charge on any atom is -0.341 e. The van der Waals surface area contributed by atoms with Crippen molar-refractivity contribution < 1.29 is 4.79 Å². The van der Waals surface area contributed by atoms with E-state index in [1.807, 2.05) is 4.90 Å². The summed E-state index contributed by atoms with van der Waals surface area (Å²) in [5.41, 5.74) is 0.0390. The highest BCUT2D eigenvalue weighted by Gasteiger charge is 2.49. The van der Waals surface area contributed by atoms with Gasteiger partial charge in [-0.15, -0.1) is 0 Å². The Bertz CT molecular complexity index is 207. The molecule has 68 valence electrons. The molecule has 0 radical (unpaired) electrons. The molecule has 0 bridgehead atoms. The summed E-state index contributed by atoms with van der Waals surface area (Å²) in [6, 6.07) is 0. The normalized spacial score (nSPS) is 26.7. The maximum Gasteiger partial charge on any atom is 0.228 e. The highest BCUT2D eigenvalue weighted by atomic mass is 79.9. The first kappa shape index (κ1) is 8.54. The Hall–Kier alpha value is -0.0500. The van der Waals surface area contributed by atoms with Crippen molar-refractivity contribution in [3.05, 3.63) is 0 Å². The molecular formula is C9H14BrNO. The van der Waals surface area contributed by atoms with Crippen LogP contribution in [0, 0.1) is 11.3 Å². The van der Waals surface area contributed by atoms with Crippen LogP contribution in [0.1, 0.15) is 19.8 Å². The van der Waals surface area contributed by atoms with Crippen molar-refractivity contribution in [2.45, 2.75) is 19.8 Å². The van der Waals surface area contributed by atoms with Crippen LogP contribution >= 0.6 is 15.9 Å². The van der Waals surface area contributed by atoms with E-state index in [1.165, 1.54) is 0 Å². The van der Waals surface area contributed by atoms with Crippen LogP contribution in [0.2, 0.25) is 0 Å². The van der Waals surface area contributed by atoms with E-state index in [0.29, 0.717) is 11.8 Å². The molecule has 2 aliphatic rings. The van der Waals surface area contributed by atoms with Gasteiger partial charge in [-0.05, 0) is 12.8 Å². The fourth-order valence-corrected chi connectivity index (χ4v) is 2.03. The van der Waals surface area contributed by atoms with Gasteiger partial charge in [-0.1, -0.05) is 22.9 Å². The summed E-state index contributed by atoms with van der Waals surface area (Å²) in [5.74, 6) is 1.09. The molecule has 1 saturated heterocycles. The van der Waals surface area contributed by atoms with Gasteiger partial charge in [0.05, 0.1) is 0 Å². The molecule has 0 aromatic rings. The molecule has 2 nitrogen and oxygen atoms in total. The molecule has 12 heavy (non-hydrogen) atoms. The predicted octanol–water partition coefficient (Wildman–Crippen LogP) is 1.64. The molecule has 0 N–H and O–H groups in total. The summed E-state index contributed by atoms with van der Waals surface area (Å²) in [5, 5.41) is 1.04. The number of carbonyl (C=O) groups excluding carboxylic acids is 1. The largest absolute Gasteiger partial charge is 0.341 e. The quantitative estimate of drug-likeness (QED) is 0.663. The van der Waals surface area contributed by atoms with E-state index >= 15 is 0 Å². The SMILES string of the molecule is CC1(C(=O)N2CC(CBr)C2)CC1. The number of rotatable bonds is 2. The number of hydrogen-bond donors (Lipinski definition) is 0. The monoisotopic (exact) mass is 231 g/mol. The first-order chi connectivity index (χ1) is 5.65. The van der Waals surface area contributed by atoms with Gasteiger partial charge in [0.2, 0.25) is 5.91 Å². The first-order valence-electron chi connectivity index (χ1n) is 4.51. The number of hydrogen-bond acceptors (Lipinski definition) is 1. The molecule has 0 aromatic carbocycles. The molecule has 2 fully saturated rings. The lowest BCUT2D eigenvalue weighted by Gasteiger charge is -2.40. The topological polar surface area (TPSA) is 20.3 Å². The van der Waals surface area contributed by atoms with Crippen molar-refractivity contribution in [3.63, 3.8) is 0 Å². The molecule has 0 unspecified atom stereocenters. The summed E-state index contributed by atoms with van der Waals surface area (Å²) in [7, 11) is 0. The second kappa shape index (κ2) is 2.72. The van der Waals surface area contributed by atoms with Crippen LogP contribution in [0.4, 0.5) is 0 Å². The number of halogens is 1. The highest BCUT2D eigenvalue weighted by molar-refractivity contribution is 9.09. The molecule has 1 aliphatic heterocycles. The minimum absolute atomic E-state index is 0.0390. The number of amides is 1. The van der Waals surface area contributed by atoms with E-state index in [9.17, 15) is 4.79 Å². The van der Waals surface area contributed by atoms with Gasteiger partial charge in [-0.2, -0.15) is 0 Å². The van der Waals surface area contributed by atoms with Crippen molar-refractivity contribution in [1.29, 1.82) is 0 Å². The third kappa shape index (κ3) is 1.28. The molecular weight excluding hydrogens is 218 g/mol. The Morgan fingerprint density at radius 1 is 1.58 bits per heavy atom. The zero-order chi connectivity index (χ0) is 8.77. The van der Waals surface area contributed by atoms with E-state index in [0.717, 1.165) is 31.3 Å². The van der Waals surface area contributed by atoms with Crippen molar-refractivity contribution in [3.8, 4) is 0 Å². The van der Waals surface area contributed by atoms with Gasteiger partial charge >= 0.3 is 0 Å². The van der Waals surface area contributed by atoms with Gasteiger partial charge in [0.1, 0.15) is 0 Å². The van der Waals surface area contributed by atoms with Gasteiger partial charge in [-0.25, -0.2) is 0 Å². The Morgan fingerprint density at radius 3 is 2.58 bits per heavy atom. The lowest BCUT2D eigenvalue weighted by molar-refractivity contribution is -0.142. The van der Waals surface area contributed by atoms with Crippen molar-refractivity contribution in [2.24, 2.45) is 11.3 Å². The Morgan fingerprint density at radius 2 is 2.17 bits per heavy atom. The second-order valence-electron chi connectivity index (χ2n) is 4.29. The average Bonchev–Trinajstić information content (AvgIpc) is 2.67. The maximum atomic E-state index is 11.7. The first-order valence-corrected chi connectivity index (χ1v) is 5.63. The molecule has 1 heterocycles. The maximum absolute atomic E-state index is 11.7. The number of alkyl halides is 1. The Balaban J connectivity index is 1.84. The van der Waals surface area contributed by atoms with Gasteiger partial charge in [0.15, 0.2) is 0 Å². The second-order valence-corrected chi connectivity index (χ2v) is 4.94. The lowest BCUT2D eigenvalue weighted by atomic mass is 9.98.